The van der Waals surface area contributed by atoms with Crippen molar-refractivity contribution in [3.05, 3.63) is 70.7 Å². The molecule has 0 saturated carbocycles. The summed E-state index contributed by atoms with van der Waals surface area (Å²) in [5.74, 6) is 0. The minimum atomic E-state index is 0.429. The summed E-state index contributed by atoms with van der Waals surface area (Å²) in [7, 11) is 0. The van der Waals surface area contributed by atoms with Crippen molar-refractivity contribution in [3.63, 3.8) is 0 Å². The zero-order valence-electron chi connectivity index (χ0n) is 10.9. The second kappa shape index (κ2) is 6.33. The van der Waals surface area contributed by atoms with Crippen LogP contribution in [0.2, 0.25) is 5.02 Å². The predicted molar refractivity (Wildman–Crippen MR) is 87.4 cm³/mol. The maximum absolute atomic E-state index is 5.98. The monoisotopic (exact) mass is 302 g/mol. The fourth-order valence-corrected chi connectivity index (χ4v) is 3.37. The number of nitrogens with one attached hydrogen (secondary N) is 1. The number of hydrogen-bond donors (Lipinski definition) is 1. The molecule has 1 N–H and O–H groups in total. The zero-order chi connectivity index (χ0) is 13.8. The van der Waals surface area contributed by atoms with Crippen LogP contribution >= 0.6 is 23.4 Å². The molecule has 3 rings (SSSR count). The lowest BCUT2D eigenvalue weighted by molar-refractivity contribution is 0.911. The molecule has 0 saturated heterocycles. The van der Waals surface area contributed by atoms with Crippen LogP contribution in [0.25, 0.3) is 0 Å². The van der Waals surface area contributed by atoms with Gasteiger partial charge in [-0.05, 0) is 23.3 Å². The van der Waals surface area contributed by atoms with Crippen LogP contribution in [-0.2, 0) is 6.54 Å². The van der Waals surface area contributed by atoms with E-state index in [0.717, 1.165) is 23.3 Å². The third-order valence-electron chi connectivity index (χ3n) is 3.16. The first-order valence-corrected chi connectivity index (χ1v) is 7.81. The molecule has 1 heterocycles. The van der Waals surface area contributed by atoms with E-state index < -0.39 is 0 Å². The molecule has 0 aliphatic carbocycles. The molecule has 0 amide bonds. The van der Waals surface area contributed by atoms with Gasteiger partial charge in [0.1, 0.15) is 0 Å². The zero-order valence-corrected chi connectivity index (χ0v) is 12.5. The van der Waals surface area contributed by atoms with Crippen molar-refractivity contribution in [1.29, 1.82) is 0 Å². The van der Waals surface area contributed by atoms with Crippen LogP contribution in [0.5, 0.6) is 0 Å². The summed E-state index contributed by atoms with van der Waals surface area (Å²) in [6, 6.07) is 18.4. The molecule has 2 aromatic carbocycles. The summed E-state index contributed by atoms with van der Waals surface area (Å²) in [6.07, 6.45) is 0. The largest absolute Gasteiger partial charge is 0.361 e. The van der Waals surface area contributed by atoms with Crippen molar-refractivity contribution in [1.82, 2.24) is 5.32 Å². The number of amidine groups is 1. The van der Waals surface area contributed by atoms with Gasteiger partial charge in [-0.25, -0.2) is 0 Å². The summed E-state index contributed by atoms with van der Waals surface area (Å²) in [5, 5.41) is 5.59. The summed E-state index contributed by atoms with van der Waals surface area (Å²) in [4.78, 5) is 4.57. The molecule has 1 unspecified atom stereocenters. The van der Waals surface area contributed by atoms with Gasteiger partial charge in [0, 0.05) is 11.6 Å². The summed E-state index contributed by atoms with van der Waals surface area (Å²) in [5.41, 5.74) is 2.50. The van der Waals surface area contributed by atoms with Gasteiger partial charge in [-0.15, -0.1) is 0 Å². The Morgan fingerprint density at radius 3 is 2.80 bits per heavy atom. The Bertz CT molecular complexity index is 613. The highest BCUT2D eigenvalue weighted by Gasteiger charge is 2.20. The molecule has 20 heavy (non-hydrogen) atoms. The Labute approximate surface area is 128 Å². The Kier molecular flexibility index (Phi) is 4.28. The van der Waals surface area contributed by atoms with Gasteiger partial charge in [0.15, 0.2) is 5.17 Å². The van der Waals surface area contributed by atoms with E-state index in [9.17, 15) is 0 Å². The lowest BCUT2D eigenvalue weighted by Crippen LogP contribution is -2.18. The van der Waals surface area contributed by atoms with Crippen molar-refractivity contribution in [3.8, 4) is 0 Å². The number of nitrogens with zero attached hydrogens (tertiary/aromatic N) is 1. The van der Waals surface area contributed by atoms with E-state index in [2.05, 4.69) is 40.6 Å². The first-order chi connectivity index (χ1) is 9.81. The number of benzene rings is 2. The Morgan fingerprint density at radius 1 is 1.15 bits per heavy atom. The molecule has 1 aliphatic rings. The van der Waals surface area contributed by atoms with E-state index in [1.54, 1.807) is 11.8 Å². The van der Waals surface area contributed by atoms with Gasteiger partial charge in [-0.2, -0.15) is 0 Å². The number of rotatable bonds is 3. The molecular weight excluding hydrogens is 288 g/mol. The smallest absolute Gasteiger partial charge is 0.157 e. The van der Waals surface area contributed by atoms with Crippen molar-refractivity contribution < 1.29 is 0 Å². The van der Waals surface area contributed by atoms with Gasteiger partial charge in [-0.3, -0.25) is 4.99 Å². The van der Waals surface area contributed by atoms with Crippen molar-refractivity contribution >= 4 is 28.5 Å². The molecule has 0 spiro atoms. The number of halogens is 1. The standard InChI is InChI=1S/C16H15ClN2S/c17-14-8-4-5-12(9-14)10-18-16-19-11-15(20-16)13-6-2-1-3-7-13/h1-9,15H,10-11H2,(H,18,19). The molecule has 0 bridgehead atoms. The molecule has 4 heteroatoms. The quantitative estimate of drug-likeness (QED) is 0.915. The van der Waals surface area contributed by atoms with E-state index in [-0.39, 0.29) is 0 Å². The second-order valence-electron chi connectivity index (χ2n) is 4.65. The van der Waals surface area contributed by atoms with E-state index in [0.29, 0.717) is 5.25 Å². The third-order valence-corrected chi connectivity index (χ3v) is 4.60. The lowest BCUT2D eigenvalue weighted by Gasteiger charge is -2.09. The summed E-state index contributed by atoms with van der Waals surface area (Å²) < 4.78 is 0. The fraction of sp³-hybridized carbons (Fsp3) is 0.188. The molecule has 0 radical (unpaired) electrons. The molecule has 2 aromatic rings. The molecule has 102 valence electrons. The minimum absolute atomic E-state index is 0.429. The van der Waals surface area contributed by atoms with E-state index >= 15 is 0 Å². The first kappa shape index (κ1) is 13.5. The second-order valence-corrected chi connectivity index (χ2v) is 6.27. The van der Waals surface area contributed by atoms with Crippen LogP contribution in [0.4, 0.5) is 0 Å². The van der Waals surface area contributed by atoms with Gasteiger partial charge in [0.05, 0.1) is 11.8 Å². The topological polar surface area (TPSA) is 24.4 Å². The molecule has 1 atom stereocenters. The molecule has 0 fully saturated rings. The summed E-state index contributed by atoms with van der Waals surface area (Å²) >= 11 is 7.77. The van der Waals surface area contributed by atoms with Crippen LogP contribution < -0.4 is 5.32 Å². The minimum Gasteiger partial charge on any atom is -0.361 e. The Morgan fingerprint density at radius 2 is 2.00 bits per heavy atom. The van der Waals surface area contributed by atoms with Gasteiger partial charge in [0.25, 0.3) is 0 Å². The van der Waals surface area contributed by atoms with Crippen LogP contribution in [0.3, 0.4) is 0 Å². The van der Waals surface area contributed by atoms with Crippen molar-refractivity contribution in [2.45, 2.75) is 11.8 Å². The van der Waals surface area contributed by atoms with Crippen LogP contribution in [-0.4, -0.2) is 11.7 Å². The maximum atomic E-state index is 5.98. The molecule has 1 aliphatic heterocycles. The number of thioether (sulfide) groups is 1. The predicted octanol–water partition coefficient (Wildman–Crippen LogP) is 4.27. The molecular formula is C16H15ClN2S. The van der Waals surface area contributed by atoms with Crippen molar-refractivity contribution in [2.75, 3.05) is 6.54 Å². The molecule has 2 nitrogen and oxygen atoms in total. The number of hydrogen-bond acceptors (Lipinski definition) is 3. The van der Waals surface area contributed by atoms with Gasteiger partial charge >= 0.3 is 0 Å². The lowest BCUT2D eigenvalue weighted by atomic mass is 10.1. The highest BCUT2D eigenvalue weighted by Crippen LogP contribution is 2.34. The Hall–Kier alpha value is -1.45. The van der Waals surface area contributed by atoms with Gasteiger partial charge in [0.2, 0.25) is 0 Å². The number of aliphatic imine (C=N–C) groups is 1. The fourth-order valence-electron chi connectivity index (χ4n) is 2.14. The van der Waals surface area contributed by atoms with Crippen molar-refractivity contribution in [2.24, 2.45) is 4.99 Å². The Balaban J connectivity index is 1.56. The highest BCUT2D eigenvalue weighted by molar-refractivity contribution is 8.14. The van der Waals surface area contributed by atoms with Crippen LogP contribution in [0.1, 0.15) is 16.4 Å². The summed E-state index contributed by atoms with van der Waals surface area (Å²) in [6.45, 7) is 1.60. The van der Waals surface area contributed by atoms with E-state index in [1.807, 2.05) is 24.3 Å². The molecule has 0 aromatic heterocycles. The average molecular weight is 303 g/mol. The normalized spacial score (nSPS) is 17.9. The maximum Gasteiger partial charge on any atom is 0.157 e. The van der Waals surface area contributed by atoms with Crippen LogP contribution in [0, 0.1) is 0 Å². The van der Waals surface area contributed by atoms with Gasteiger partial charge in [-0.1, -0.05) is 65.8 Å². The SMILES string of the molecule is Clc1cccc(CNC2=NCC(c3ccccc3)S2)c1. The third kappa shape index (κ3) is 3.35. The van der Waals surface area contributed by atoms with E-state index in [1.165, 1.54) is 11.1 Å². The van der Waals surface area contributed by atoms with E-state index in [4.69, 9.17) is 11.6 Å². The average Bonchev–Trinajstić information content (AvgIpc) is 2.95. The highest BCUT2D eigenvalue weighted by atomic mass is 35.5. The first-order valence-electron chi connectivity index (χ1n) is 6.55. The van der Waals surface area contributed by atoms with Crippen LogP contribution in [0.15, 0.2) is 59.6 Å². The van der Waals surface area contributed by atoms with Gasteiger partial charge < -0.3 is 5.32 Å².